The van der Waals surface area contributed by atoms with Crippen molar-refractivity contribution in [2.75, 3.05) is 19.8 Å². The molecule has 0 radical (unpaired) electrons. The highest BCUT2D eigenvalue weighted by atomic mass is 16.5. The van der Waals surface area contributed by atoms with Crippen molar-refractivity contribution in [3.8, 4) is 11.1 Å². The summed E-state index contributed by atoms with van der Waals surface area (Å²) in [6.07, 6.45) is -0.273. The van der Waals surface area contributed by atoms with E-state index in [0.717, 1.165) is 22.3 Å². The highest BCUT2D eigenvalue weighted by Gasteiger charge is 2.35. The first-order chi connectivity index (χ1) is 16.5. The molecule has 1 unspecified atom stereocenters. The molecule has 8 nitrogen and oxygen atoms in total. The lowest BCUT2D eigenvalue weighted by Gasteiger charge is -2.22. The molecule has 8 heteroatoms. The maximum Gasteiger partial charge on any atom is 0.407 e. The van der Waals surface area contributed by atoms with Crippen molar-refractivity contribution < 1.29 is 29.0 Å². The molecule has 2 aliphatic rings. The van der Waals surface area contributed by atoms with Crippen LogP contribution < -0.4 is 10.6 Å². The molecule has 1 fully saturated rings. The van der Waals surface area contributed by atoms with Crippen molar-refractivity contribution in [2.45, 2.75) is 44.2 Å². The van der Waals surface area contributed by atoms with Crippen molar-refractivity contribution in [3.05, 3.63) is 59.7 Å². The van der Waals surface area contributed by atoms with Crippen molar-refractivity contribution in [3.63, 3.8) is 0 Å². The summed E-state index contributed by atoms with van der Waals surface area (Å²) < 4.78 is 11.1. The molecular weight excluding hydrogens is 436 g/mol. The number of nitrogens with one attached hydrogen (secondary N) is 2. The monoisotopic (exact) mass is 466 g/mol. The molecule has 0 spiro atoms. The van der Waals surface area contributed by atoms with Gasteiger partial charge in [-0.1, -0.05) is 55.5 Å². The third kappa shape index (κ3) is 5.22. The fourth-order valence-corrected chi connectivity index (χ4v) is 4.79. The summed E-state index contributed by atoms with van der Waals surface area (Å²) in [5.74, 6) is -1.53. The maximum absolute atomic E-state index is 12.6. The van der Waals surface area contributed by atoms with Crippen LogP contribution in [0.4, 0.5) is 4.79 Å². The number of rotatable bonds is 9. The fourth-order valence-electron chi connectivity index (χ4n) is 4.79. The standard InChI is InChI=1S/C26H30N2O6/c1-2-17(13-23(29)30)28-25(31)24-16(11-12-33-24)14-27-26(32)34-15-22-20-9-5-3-7-18(20)19-8-4-6-10-21(19)22/h3-10,16-17,22,24H,2,11-15H2,1H3,(H,27,32)(H,28,31)(H,29,30)/t16-,17?,24-/m1/s1. The van der Waals surface area contributed by atoms with Gasteiger partial charge in [-0.05, 0) is 35.1 Å². The molecule has 2 aromatic carbocycles. The number of carbonyl (C=O) groups is 3. The predicted molar refractivity (Wildman–Crippen MR) is 125 cm³/mol. The first-order valence-corrected chi connectivity index (χ1v) is 11.7. The van der Waals surface area contributed by atoms with Gasteiger partial charge in [0.25, 0.3) is 0 Å². The number of carbonyl (C=O) groups excluding carboxylic acids is 2. The van der Waals surface area contributed by atoms with E-state index in [1.54, 1.807) is 0 Å². The Labute approximate surface area is 198 Å². The average Bonchev–Trinajstić information content (AvgIpc) is 3.43. The van der Waals surface area contributed by atoms with Gasteiger partial charge in [0.1, 0.15) is 12.7 Å². The summed E-state index contributed by atoms with van der Waals surface area (Å²) in [4.78, 5) is 36.0. The van der Waals surface area contributed by atoms with Crippen molar-refractivity contribution in [1.29, 1.82) is 0 Å². The minimum atomic E-state index is -0.965. The normalized spacial score (nSPS) is 19.7. The van der Waals surface area contributed by atoms with E-state index in [0.29, 0.717) is 19.4 Å². The predicted octanol–water partition coefficient (Wildman–Crippen LogP) is 3.30. The van der Waals surface area contributed by atoms with Crippen LogP contribution in [0.1, 0.15) is 43.2 Å². The number of carboxylic acid groups (broad SMARTS) is 1. The summed E-state index contributed by atoms with van der Waals surface area (Å²) >= 11 is 0. The fraction of sp³-hybridized carbons (Fsp3) is 0.423. The first kappa shape index (κ1) is 23.8. The van der Waals surface area contributed by atoms with E-state index < -0.39 is 24.2 Å². The molecule has 1 aliphatic carbocycles. The van der Waals surface area contributed by atoms with Gasteiger partial charge in [0.05, 0.1) is 6.42 Å². The highest BCUT2D eigenvalue weighted by Crippen LogP contribution is 2.44. The van der Waals surface area contributed by atoms with Crippen LogP contribution in [0.15, 0.2) is 48.5 Å². The minimum absolute atomic E-state index is 0.0216. The lowest BCUT2D eigenvalue weighted by Crippen LogP contribution is -2.46. The van der Waals surface area contributed by atoms with Crippen molar-refractivity contribution >= 4 is 18.0 Å². The second-order valence-electron chi connectivity index (χ2n) is 8.76. The lowest BCUT2D eigenvalue weighted by molar-refractivity contribution is -0.138. The Bertz CT molecular complexity index is 1010. The number of hydrogen-bond acceptors (Lipinski definition) is 5. The van der Waals surface area contributed by atoms with E-state index in [9.17, 15) is 14.4 Å². The van der Waals surface area contributed by atoms with Crippen LogP contribution >= 0.6 is 0 Å². The van der Waals surface area contributed by atoms with E-state index in [4.69, 9.17) is 14.6 Å². The molecule has 0 bridgehead atoms. The minimum Gasteiger partial charge on any atom is -0.481 e. The van der Waals surface area contributed by atoms with E-state index >= 15 is 0 Å². The number of fused-ring (bicyclic) bond motifs is 3. The van der Waals surface area contributed by atoms with Crippen LogP contribution in [0.5, 0.6) is 0 Å². The zero-order chi connectivity index (χ0) is 24.1. The van der Waals surface area contributed by atoms with Crippen molar-refractivity contribution in [1.82, 2.24) is 10.6 Å². The molecule has 1 heterocycles. The summed E-state index contributed by atoms with van der Waals surface area (Å²) in [6, 6.07) is 15.8. The first-order valence-electron chi connectivity index (χ1n) is 11.7. The molecule has 2 amide bonds. The van der Waals surface area contributed by atoms with Gasteiger partial charge < -0.3 is 25.2 Å². The molecule has 3 atom stereocenters. The Balaban J connectivity index is 1.29. The number of amides is 2. The third-order valence-electron chi connectivity index (χ3n) is 6.59. The van der Waals surface area contributed by atoms with Gasteiger partial charge in [-0.2, -0.15) is 0 Å². The van der Waals surface area contributed by atoms with E-state index in [1.165, 1.54) is 0 Å². The van der Waals surface area contributed by atoms with Gasteiger partial charge >= 0.3 is 12.1 Å². The van der Waals surface area contributed by atoms with E-state index in [2.05, 4.69) is 34.9 Å². The summed E-state index contributed by atoms with van der Waals surface area (Å²) in [6.45, 7) is 2.69. The number of benzene rings is 2. The molecule has 0 aromatic heterocycles. The third-order valence-corrected chi connectivity index (χ3v) is 6.59. The Morgan fingerprint density at radius 1 is 1.09 bits per heavy atom. The maximum atomic E-state index is 12.6. The molecule has 34 heavy (non-hydrogen) atoms. The van der Waals surface area contributed by atoms with Crippen LogP contribution in [-0.4, -0.2) is 55.0 Å². The molecular formula is C26H30N2O6. The van der Waals surface area contributed by atoms with Crippen LogP contribution in [0, 0.1) is 5.92 Å². The summed E-state index contributed by atoms with van der Waals surface area (Å²) in [5.41, 5.74) is 4.61. The van der Waals surface area contributed by atoms with Gasteiger partial charge in [0, 0.05) is 31.0 Å². The van der Waals surface area contributed by atoms with Crippen LogP contribution in [0.2, 0.25) is 0 Å². The van der Waals surface area contributed by atoms with E-state index in [-0.39, 0.29) is 37.3 Å². The van der Waals surface area contributed by atoms with Gasteiger partial charge in [-0.15, -0.1) is 0 Å². The number of ether oxygens (including phenoxy) is 2. The Hall–Kier alpha value is -3.39. The highest BCUT2D eigenvalue weighted by molar-refractivity contribution is 5.82. The SMILES string of the molecule is CCC(CC(=O)O)NC(=O)[C@@H]1OCC[C@@H]1CNC(=O)OCC1c2ccccc2-c2ccccc21. The van der Waals surface area contributed by atoms with Gasteiger partial charge in [-0.25, -0.2) is 4.79 Å². The zero-order valence-corrected chi connectivity index (χ0v) is 19.2. The van der Waals surface area contributed by atoms with Crippen molar-refractivity contribution in [2.24, 2.45) is 5.92 Å². The van der Waals surface area contributed by atoms with Crippen LogP contribution in [-0.2, 0) is 19.1 Å². The Morgan fingerprint density at radius 2 is 1.74 bits per heavy atom. The number of aliphatic carboxylic acids is 1. The molecule has 0 saturated carbocycles. The molecule has 4 rings (SSSR count). The quantitative estimate of drug-likeness (QED) is 0.523. The van der Waals surface area contributed by atoms with Gasteiger partial charge in [0.2, 0.25) is 5.91 Å². The van der Waals surface area contributed by atoms with E-state index in [1.807, 2.05) is 31.2 Å². The topological polar surface area (TPSA) is 114 Å². The summed E-state index contributed by atoms with van der Waals surface area (Å²) in [7, 11) is 0. The Morgan fingerprint density at radius 3 is 2.35 bits per heavy atom. The molecule has 1 aliphatic heterocycles. The largest absolute Gasteiger partial charge is 0.481 e. The second-order valence-corrected chi connectivity index (χ2v) is 8.76. The number of alkyl carbamates (subject to hydrolysis) is 1. The van der Waals surface area contributed by atoms with Crippen LogP contribution in [0.25, 0.3) is 11.1 Å². The molecule has 3 N–H and O–H groups in total. The summed E-state index contributed by atoms with van der Waals surface area (Å²) in [5, 5.41) is 14.5. The zero-order valence-electron chi connectivity index (χ0n) is 19.2. The number of carboxylic acids is 1. The Kier molecular flexibility index (Phi) is 7.47. The van der Waals surface area contributed by atoms with Gasteiger partial charge in [0.15, 0.2) is 0 Å². The lowest BCUT2D eigenvalue weighted by atomic mass is 9.98. The van der Waals surface area contributed by atoms with Crippen LogP contribution in [0.3, 0.4) is 0 Å². The molecule has 1 saturated heterocycles. The van der Waals surface area contributed by atoms with Gasteiger partial charge in [-0.3, -0.25) is 9.59 Å². The smallest absolute Gasteiger partial charge is 0.407 e. The molecule has 180 valence electrons. The second kappa shape index (κ2) is 10.7. The average molecular weight is 467 g/mol. The molecule has 2 aromatic rings. The number of hydrogen-bond donors (Lipinski definition) is 3.